The van der Waals surface area contributed by atoms with Crippen LogP contribution < -0.4 is 10.6 Å². The average Bonchev–Trinajstić information content (AvgIpc) is 2.43. The molecule has 110 valence electrons. The minimum atomic E-state index is -1.06. The number of amides is 1. The number of hydrogen-bond acceptors (Lipinski definition) is 5. The molecule has 1 unspecified atom stereocenters. The van der Waals surface area contributed by atoms with Crippen LogP contribution in [0.15, 0.2) is 36.0 Å². The van der Waals surface area contributed by atoms with Gasteiger partial charge in [-0.05, 0) is 31.2 Å². The van der Waals surface area contributed by atoms with Crippen LogP contribution in [0.2, 0.25) is 0 Å². The molecule has 1 aromatic carbocycles. The van der Waals surface area contributed by atoms with Gasteiger partial charge in [0.25, 0.3) is 5.91 Å². The molecular weight excluding hydrogens is 274 g/mol. The van der Waals surface area contributed by atoms with Gasteiger partial charge in [-0.3, -0.25) is 4.79 Å². The van der Waals surface area contributed by atoms with Gasteiger partial charge in [-0.2, -0.15) is 5.26 Å². The molecule has 21 heavy (non-hydrogen) atoms. The second kappa shape index (κ2) is 7.67. The summed E-state index contributed by atoms with van der Waals surface area (Å²) in [6.45, 7) is 1.78. The van der Waals surface area contributed by atoms with E-state index in [0.717, 1.165) is 0 Å². The maximum Gasteiger partial charge on any atom is 0.335 e. The summed E-state index contributed by atoms with van der Waals surface area (Å²) in [5.41, 5.74) is 0.322. The Morgan fingerprint density at radius 1 is 1.38 bits per heavy atom. The zero-order chi connectivity index (χ0) is 15.8. The van der Waals surface area contributed by atoms with E-state index < -0.39 is 18.0 Å². The molecule has 0 saturated carbocycles. The van der Waals surface area contributed by atoms with E-state index >= 15 is 0 Å². The molecule has 0 aliphatic heterocycles. The van der Waals surface area contributed by atoms with E-state index in [1.54, 1.807) is 13.0 Å². The summed E-state index contributed by atoms with van der Waals surface area (Å²) in [6.07, 6.45) is 0.612. The Kier molecular flexibility index (Phi) is 5.92. The highest BCUT2D eigenvalue weighted by atomic mass is 16.4. The van der Waals surface area contributed by atoms with Crippen LogP contribution in [0, 0.1) is 11.3 Å². The lowest BCUT2D eigenvalue weighted by Crippen LogP contribution is -2.22. The van der Waals surface area contributed by atoms with Gasteiger partial charge in [0.1, 0.15) is 11.6 Å². The third kappa shape index (κ3) is 5.34. The van der Waals surface area contributed by atoms with Gasteiger partial charge in [0, 0.05) is 18.4 Å². The number of nitrogens with one attached hydrogen (secondary N) is 2. The minimum absolute atomic E-state index is 0.0997. The van der Waals surface area contributed by atoms with Gasteiger partial charge in [0.15, 0.2) is 0 Å². The number of benzene rings is 1. The molecule has 1 rings (SSSR count). The number of carboxylic acid groups (broad SMARTS) is 1. The number of aliphatic hydroxyl groups is 1. The second-order valence-electron chi connectivity index (χ2n) is 4.26. The summed E-state index contributed by atoms with van der Waals surface area (Å²) in [5.74, 6) is -1.69. The van der Waals surface area contributed by atoms with Crippen LogP contribution in [0.25, 0.3) is 0 Å². The first-order valence-corrected chi connectivity index (χ1v) is 6.10. The fourth-order valence-corrected chi connectivity index (χ4v) is 1.37. The molecule has 4 N–H and O–H groups in total. The van der Waals surface area contributed by atoms with Crippen molar-refractivity contribution in [3.05, 3.63) is 41.6 Å². The summed E-state index contributed by atoms with van der Waals surface area (Å²) < 4.78 is 0. The van der Waals surface area contributed by atoms with Gasteiger partial charge in [0.05, 0.1) is 11.7 Å². The second-order valence-corrected chi connectivity index (χ2v) is 4.26. The summed E-state index contributed by atoms with van der Waals surface area (Å²) in [5, 5.41) is 31.8. The van der Waals surface area contributed by atoms with E-state index in [9.17, 15) is 9.59 Å². The number of hydrogen-bond donors (Lipinski definition) is 4. The van der Waals surface area contributed by atoms with Crippen molar-refractivity contribution in [2.24, 2.45) is 0 Å². The standard InChI is InChI=1S/C14H15N3O4/c1-9(18)7-16-8-11(6-15)13(19)17-12-4-2-10(3-5-12)14(20)21/h2-5,8-9,16,18H,7H2,1H3,(H,17,19)(H,20,21)/b11-8-. The first kappa shape index (κ1) is 16.2. The van der Waals surface area contributed by atoms with Crippen LogP contribution in [-0.4, -0.2) is 34.7 Å². The topological polar surface area (TPSA) is 122 Å². The summed E-state index contributed by atoms with van der Waals surface area (Å²) in [4.78, 5) is 22.5. The van der Waals surface area contributed by atoms with Gasteiger partial charge in [-0.1, -0.05) is 0 Å². The summed E-state index contributed by atoms with van der Waals surface area (Å²) >= 11 is 0. The molecule has 0 radical (unpaired) electrons. The molecular formula is C14H15N3O4. The van der Waals surface area contributed by atoms with Crippen LogP contribution in [0.3, 0.4) is 0 Å². The normalized spacial score (nSPS) is 12.1. The fraction of sp³-hybridized carbons (Fsp3) is 0.214. The number of carbonyl (C=O) groups excluding carboxylic acids is 1. The van der Waals surface area contributed by atoms with Crippen molar-refractivity contribution in [2.45, 2.75) is 13.0 Å². The highest BCUT2D eigenvalue weighted by Crippen LogP contribution is 2.10. The first-order valence-electron chi connectivity index (χ1n) is 6.10. The van der Waals surface area contributed by atoms with E-state index in [1.807, 2.05) is 0 Å². The van der Waals surface area contributed by atoms with Gasteiger partial charge in [-0.15, -0.1) is 0 Å². The number of nitriles is 1. The number of rotatable bonds is 6. The van der Waals surface area contributed by atoms with Crippen molar-refractivity contribution in [3.8, 4) is 6.07 Å². The van der Waals surface area contributed by atoms with Crippen molar-refractivity contribution >= 4 is 17.6 Å². The Morgan fingerprint density at radius 3 is 2.48 bits per heavy atom. The predicted molar refractivity (Wildman–Crippen MR) is 75.4 cm³/mol. The van der Waals surface area contributed by atoms with Crippen molar-refractivity contribution in [3.63, 3.8) is 0 Å². The summed E-state index contributed by atoms with van der Waals surface area (Å²) in [7, 11) is 0. The average molecular weight is 289 g/mol. The van der Waals surface area contributed by atoms with Crippen LogP contribution in [-0.2, 0) is 4.79 Å². The van der Waals surface area contributed by atoms with E-state index in [1.165, 1.54) is 30.5 Å². The smallest absolute Gasteiger partial charge is 0.335 e. The number of anilines is 1. The highest BCUT2D eigenvalue weighted by Gasteiger charge is 2.10. The Hall–Kier alpha value is -2.85. The van der Waals surface area contributed by atoms with Crippen molar-refractivity contribution < 1.29 is 19.8 Å². The molecule has 1 aromatic rings. The van der Waals surface area contributed by atoms with Crippen molar-refractivity contribution in [2.75, 3.05) is 11.9 Å². The SMILES string of the molecule is CC(O)CN/C=C(/C#N)C(=O)Nc1ccc(C(=O)O)cc1. The molecule has 1 atom stereocenters. The molecule has 0 bridgehead atoms. The number of nitrogens with zero attached hydrogens (tertiary/aromatic N) is 1. The molecule has 0 saturated heterocycles. The zero-order valence-electron chi connectivity index (χ0n) is 11.3. The molecule has 0 spiro atoms. The van der Waals surface area contributed by atoms with Gasteiger partial charge in [0.2, 0.25) is 0 Å². The van der Waals surface area contributed by atoms with Crippen molar-refractivity contribution in [1.82, 2.24) is 5.32 Å². The molecule has 0 fully saturated rings. The first-order chi connectivity index (χ1) is 9.93. The molecule has 7 heteroatoms. The number of carbonyl (C=O) groups is 2. The molecule has 0 aliphatic rings. The lowest BCUT2D eigenvalue weighted by molar-refractivity contribution is -0.112. The lowest BCUT2D eigenvalue weighted by Gasteiger charge is -2.06. The molecule has 0 aliphatic carbocycles. The quantitative estimate of drug-likeness (QED) is 0.451. The van der Waals surface area contributed by atoms with E-state index in [4.69, 9.17) is 15.5 Å². The Bertz CT molecular complexity index is 585. The third-order valence-corrected chi connectivity index (χ3v) is 2.41. The molecule has 0 aromatic heterocycles. The Balaban J connectivity index is 2.70. The van der Waals surface area contributed by atoms with Crippen LogP contribution in [0.1, 0.15) is 17.3 Å². The predicted octanol–water partition coefficient (Wildman–Crippen LogP) is 0.701. The number of aliphatic hydroxyl groups excluding tert-OH is 1. The van der Waals surface area contributed by atoms with Crippen LogP contribution >= 0.6 is 0 Å². The molecule has 0 heterocycles. The van der Waals surface area contributed by atoms with E-state index in [0.29, 0.717) is 5.69 Å². The lowest BCUT2D eigenvalue weighted by atomic mass is 10.2. The van der Waals surface area contributed by atoms with Crippen molar-refractivity contribution in [1.29, 1.82) is 5.26 Å². The maximum absolute atomic E-state index is 11.8. The minimum Gasteiger partial charge on any atom is -0.478 e. The molecule has 7 nitrogen and oxygen atoms in total. The maximum atomic E-state index is 11.8. The highest BCUT2D eigenvalue weighted by molar-refractivity contribution is 6.06. The van der Waals surface area contributed by atoms with Gasteiger partial charge >= 0.3 is 5.97 Å². The van der Waals surface area contributed by atoms with Crippen LogP contribution in [0.5, 0.6) is 0 Å². The largest absolute Gasteiger partial charge is 0.478 e. The fourth-order valence-electron chi connectivity index (χ4n) is 1.37. The molecule has 1 amide bonds. The Labute approximate surface area is 121 Å². The van der Waals surface area contributed by atoms with Gasteiger partial charge in [-0.25, -0.2) is 4.79 Å². The third-order valence-electron chi connectivity index (χ3n) is 2.41. The summed E-state index contributed by atoms with van der Waals surface area (Å²) in [6, 6.07) is 7.29. The van der Waals surface area contributed by atoms with E-state index in [2.05, 4.69) is 10.6 Å². The number of carboxylic acids is 1. The van der Waals surface area contributed by atoms with E-state index in [-0.39, 0.29) is 17.7 Å². The monoisotopic (exact) mass is 289 g/mol. The van der Waals surface area contributed by atoms with Crippen LogP contribution in [0.4, 0.5) is 5.69 Å². The van der Waals surface area contributed by atoms with Gasteiger partial charge < -0.3 is 20.8 Å². The number of aromatic carboxylic acids is 1. The zero-order valence-corrected chi connectivity index (χ0v) is 11.3. The Morgan fingerprint density at radius 2 is 2.00 bits per heavy atom.